The zero-order valence-corrected chi connectivity index (χ0v) is 12.5. The number of hydrogen-bond acceptors (Lipinski definition) is 1. The molecule has 0 saturated heterocycles. The van der Waals surface area contributed by atoms with Gasteiger partial charge in [0.25, 0.3) is 0 Å². The van der Waals surface area contributed by atoms with Gasteiger partial charge >= 0.3 is 0 Å². The van der Waals surface area contributed by atoms with Crippen LogP contribution in [0.4, 0.5) is 4.39 Å². The van der Waals surface area contributed by atoms with E-state index in [1.807, 2.05) is 0 Å². The van der Waals surface area contributed by atoms with Crippen LogP contribution in [0.2, 0.25) is 5.02 Å². The van der Waals surface area contributed by atoms with Gasteiger partial charge in [0.15, 0.2) is 0 Å². The van der Waals surface area contributed by atoms with Gasteiger partial charge in [-0.3, -0.25) is 0 Å². The summed E-state index contributed by atoms with van der Waals surface area (Å²) in [5.41, 5.74) is 0.808. The van der Waals surface area contributed by atoms with Crippen molar-refractivity contribution in [3.63, 3.8) is 0 Å². The Morgan fingerprint density at radius 1 is 1.21 bits per heavy atom. The molecule has 1 saturated carbocycles. The minimum absolute atomic E-state index is 0.184. The molecule has 4 heteroatoms. The highest BCUT2D eigenvalue weighted by atomic mass is 35.5. The van der Waals surface area contributed by atoms with Crippen molar-refractivity contribution in [3.05, 3.63) is 34.6 Å². The molecule has 1 aromatic rings. The van der Waals surface area contributed by atoms with Crippen LogP contribution in [0.25, 0.3) is 0 Å². The lowest BCUT2D eigenvalue weighted by Crippen LogP contribution is -2.37. The summed E-state index contributed by atoms with van der Waals surface area (Å²) in [5, 5.41) is 3.53. The van der Waals surface area contributed by atoms with E-state index in [0.717, 1.165) is 6.54 Å². The van der Waals surface area contributed by atoms with Gasteiger partial charge in [0.1, 0.15) is 5.82 Å². The molecule has 1 aromatic carbocycles. The smallest absolute Gasteiger partial charge is 0.146 e. The first-order valence-corrected chi connectivity index (χ1v) is 7.78. The van der Waals surface area contributed by atoms with Crippen molar-refractivity contribution in [1.29, 1.82) is 0 Å². The lowest BCUT2D eigenvalue weighted by atomic mass is 9.75. The SMILES string of the molecule is Fc1c(Cl)cccc1CNCC1(CCl)CCCCC1. The second kappa shape index (κ2) is 6.92. The molecule has 2 rings (SSSR count). The average Bonchev–Trinajstić information content (AvgIpc) is 2.44. The summed E-state index contributed by atoms with van der Waals surface area (Å²) < 4.78 is 13.7. The van der Waals surface area contributed by atoms with E-state index in [9.17, 15) is 4.39 Å². The van der Waals surface area contributed by atoms with Crippen LogP contribution >= 0.6 is 23.2 Å². The van der Waals surface area contributed by atoms with Crippen LogP contribution in [0.15, 0.2) is 18.2 Å². The van der Waals surface area contributed by atoms with Crippen molar-refractivity contribution in [3.8, 4) is 0 Å². The van der Waals surface area contributed by atoms with Crippen LogP contribution in [0.3, 0.4) is 0 Å². The number of rotatable bonds is 5. The maximum absolute atomic E-state index is 13.7. The van der Waals surface area contributed by atoms with E-state index in [-0.39, 0.29) is 16.3 Å². The molecule has 0 heterocycles. The molecular weight excluding hydrogens is 284 g/mol. The topological polar surface area (TPSA) is 12.0 Å². The third-order valence-electron chi connectivity index (χ3n) is 4.04. The average molecular weight is 304 g/mol. The van der Waals surface area contributed by atoms with E-state index in [0.29, 0.717) is 18.0 Å². The van der Waals surface area contributed by atoms with E-state index < -0.39 is 0 Å². The van der Waals surface area contributed by atoms with Crippen LogP contribution < -0.4 is 5.32 Å². The molecule has 106 valence electrons. The third-order valence-corrected chi connectivity index (χ3v) is 4.90. The van der Waals surface area contributed by atoms with Crippen molar-refractivity contribution in [2.75, 3.05) is 12.4 Å². The maximum atomic E-state index is 13.7. The van der Waals surface area contributed by atoms with Gasteiger partial charge in [-0.1, -0.05) is 43.0 Å². The number of nitrogens with one attached hydrogen (secondary N) is 1. The number of alkyl halides is 1. The largest absolute Gasteiger partial charge is 0.312 e. The maximum Gasteiger partial charge on any atom is 0.146 e. The van der Waals surface area contributed by atoms with Crippen LogP contribution in [0.5, 0.6) is 0 Å². The summed E-state index contributed by atoms with van der Waals surface area (Å²) in [5.74, 6) is 0.359. The summed E-state index contributed by atoms with van der Waals surface area (Å²) in [6, 6.07) is 5.12. The zero-order chi connectivity index (χ0) is 13.7. The van der Waals surface area contributed by atoms with E-state index >= 15 is 0 Å². The van der Waals surface area contributed by atoms with Gasteiger partial charge in [0.2, 0.25) is 0 Å². The first-order valence-electron chi connectivity index (χ1n) is 6.86. The second-order valence-electron chi connectivity index (χ2n) is 5.51. The van der Waals surface area contributed by atoms with Gasteiger partial charge in [0.05, 0.1) is 5.02 Å². The predicted octanol–water partition coefficient (Wildman–Crippen LogP) is 4.76. The molecule has 1 fully saturated rings. The molecular formula is C15H20Cl2FN. The fraction of sp³-hybridized carbons (Fsp3) is 0.600. The first-order chi connectivity index (χ1) is 9.17. The molecule has 0 unspecified atom stereocenters. The summed E-state index contributed by atoms with van der Waals surface area (Å²) in [6.07, 6.45) is 6.14. The Bertz CT molecular complexity index is 417. The number of hydrogen-bond donors (Lipinski definition) is 1. The van der Waals surface area contributed by atoms with Gasteiger partial charge in [-0.05, 0) is 24.3 Å². The minimum atomic E-state index is -0.319. The summed E-state index contributed by atoms with van der Waals surface area (Å²) in [7, 11) is 0. The zero-order valence-electron chi connectivity index (χ0n) is 11.0. The monoisotopic (exact) mass is 303 g/mol. The highest BCUT2D eigenvalue weighted by Gasteiger charge is 2.30. The Hall–Kier alpha value is -0.310. The lowest BCUT2D eigenvalue weighted by molar-refractivity contribution is 0.212. The normalized spacial score (nSPS) is 18.5. The summed E-state index contributed by atoms with van der Waals surface area (Å²) >= 11 is 11.9. The van der Waals surface area contributed by atoms with Gasteiger partial charge in [0, 0.05) is 24.5 Å². The molecule has 0 atom stereocenters. The number of benzene rings is 1. The molecule has 0 spiro atoms. The van der Waals surface area contributed by atoms with Crippen LogP contribution in [-0.4, -0.2) is 12.4 Å². The van der Waals surface area contributed by atoms with Crippen molar-refractivity contribution in [1.82, 2.24) is 5.32 Å². The molecule has 0 aromatic heterocycles. The van der Waals surface area contributed by atoms with Crippen LogP contribution in [0, 0.1) is 11.2 Å². The van der Waals surface area contributed by atoms with Gasteiger partial charge in [-0.2, -0.15) is 0 Å². The predicted molar refractivity (Wildman–Crippen MR) is 79.4 cm³/mol. The van der Waals surface area contributed by atoms with Crippen LogP contribution in [-0.2, 0) is 6.54 Å². The Morgan fingerprint density at radius 2 is 1.95 bits per heavy atom. The molecule has 19 heavy (non-hydrogen) atoms. The van der Waals surface area contributed by atoms with Crippen molar-refractivity contribution < 1.29 is 4.39 Å². The fourth-order valence-corrected chi connectivity index (χ4v) is 3.36. The summed E-state index contributed by atoms with van der Waals surface area (Å²) in [4.78, 5) is 0. The Balaban J connectivity index is 1.90. The molecule has 1 N–H and O–H groups in total. The van der Waals surface area contributed by atoms with Crippen molar-refractivity contribution in [2.24, 2.45) is 5.41 Å². The molecule has 0 amide bonds. The molecule has 1 nitrogen and oxygen atoms in total. The molecule has 1 aliphatic rings. The quantitative estimate of drug-likeness (QED) is 0.774. The third kappa shape index (κ3) is 3.84. The Labute approximate surface area is 124 Å². The van der Waals surface area contributed by atoms with E-state index in [1.54, 1.807) is 18.2 Å². The highest BCUT2D eigenvalue weighted by Crippen LogP contribution is 2.36. The van der Waals surface area contributed by atoms with Gasteiger partial charge in [-0.25, -0.2) is 4.39 Å². The van der Waals surface area contributed by atoms with Crippen molar-refractivity contribution >= 4 is 23.2 Å². The van der Waals surface area contributed by atoms with Crippen molar-refractivity contribution in [2.45, 2.75) is 38.6 Å². The lowest BCUT2D eigenvalue weighted by Gasteiger charge is -2.35. The van der Waals surface area contributed by atoms with E-state index in [2.05, 4.69) is 5.32 Å². The van der Waals surface area contributed by atoms with E-state index in [1.165, 1.54) is 32.1 Å². The Morgan fingerprint density at radius 3 is 2.63 bits per heavy atom. The first kappa shape index (κ1) is 15.1. The minimum Gasteiger partial charge on any atom is -0.312 e. The second-order valence-corrected chi connectivity index (χ2v) is 6.19. The standard InChI is InChI=1S/C15H20Cl2FN/c16-10-15(7-2-1-3-8-15)11-19-9-12-5-4-6-13(17)14(12)18/h4-6,19H,1-3,7-11H2. The summed E-state index contributed by atoms with van der Waals surface area (Å²) in [6.45, 7) is 1.35. The van der Waals surface area contributed by atoms with Gasteiger partial charge < -0.3 is 5.32 Å². The molecule has 0 aliphatic heterocycles. The van der Waals surface area contributed by atoms with E-state index in [4.69, 9.17) is 23.2 Å². The Kier molecular flexibility index (Phi) is 5.49. The molecule has 0 radical (unpaired) electrons. The number of halogens is 3. The van der Waals surface area contributed by atoms with Gasteiger partial charge in [-0.15, -0.1) is 11.6 Å². The highest BCUT2D eigenvalue weighted by molar-refractivity contribution is 6.30. The van der Waals surface area contributed by atoms with Crippen LogP contribution in [0.1, 0.15) is 37.7 Å². The fourth-order valence-electron chi connectivity index (χ4n) is 2.81. The molecule has 0 bridgehead atoms. The molecule has 1 aliphatic carbocycles.